The van der Waals surface area contributed by atoms with E-state index in [9.17, 15) is 9.90 Å². The predicted molar refractivity (Wildman–Crippen MR) is 50.9 cm³/mol. The highest BCUT2D eigenvalue weighted by Gasteiger charge is 2.10. The second kappa shape index (κ2) is 4.50. The van der Waals surface area contributed by atoms with E-state index in [0.717, 1.165) is 12.5 Å². The smallest absolute Gasteiger partial charge is 0.171 e. The van der Waals surface area contributed by atoms with Crippen LogP contribution in [0.25, 0.3) is 0 Å². The largest absolute Gasteiger partial charge is 0.508 e. The minimum absolute atomic E-state index is 0.125. The molecule has 0 atom stereocenters. The third kappa shape index (κ3) is 2.16. The second-order valence-electron chi connectivity index (χ2n) is 2.85. The van der Waals surface area contributed by atoms with Crippen molar-refractivity contribution in [2.45, 2.75) is 13.3 Å². The van der Waals surface area contributed by atoms with Gasteiger partial charge in [-0.1, -0.05) is 6.92 Å². The fourth-order valence-corrected chi connectivity index (χ4v) is 1.07. The average molecular weight is 196 g/mol. The molecule has 0 spiro atoms. The number of hydrogen-bond acceptors (Lipinski definition) is 4. The Hall–Kier alpha value is -1.71. The molecule has 0 radical (unpaired) electrons. The molecule has 0 saturated heterocycles. The van der Waals surface area contributed by atoms with E-state index in [2.05, 4.69) is 0 Å². The summed E-state index contributed by atoms with van der Waals surface area (Å²) < 4.78 is 5.17. The summed E-state index contributed by atoms with van der Waals surface area (Å²) in [6, 6.07) is 2.38. The zero-order valence-electron chi connectivity index (χ0n) is 7.86. The van der Waals surface area contributed by atoms with Crippen molar-refractivity contribution in [3.05, 3.63) is 17.7 Å². The van der Waals surface area contributed by atoms with Crippen LogP contribution in [0.4, 0.5) is 0 Å². The van der Waals surface area contributed by atoms with Gasteiger partial charge in [-0.2, -0.15) is 0 Å². The average Bonchev–Trinajstić information content (AvgIpc) is 2.15. The maximum absolute atomic E-state index is 10.6. The molecule has 0 saturated carbocycles. The molecule has 4 nitrogen and oxygen atoms in total. The van der Waals surface area contributed by atoms with Gasteiger partial charge in [0.25, 0.3) is 0 Å². The van der Waals surface area contributed by atoms with Crippen molar-refractivity contribution in [2.75, 3.05) is 6.61 Å². The maximum Gasteiger partial charge on any atom is 0.171 e. The Balaban J connectivity index is 3.05. The normalized spacial score (nSPS) is 9.79. The lowest BCUT2D eigenvalue weighted by Gasteiger charge is -2.09. The molecular weight excluding hydrogens is 184 g/mol. The summed E-state index contributed by atoms with van der Waals surface area (Å²) in [5.41, 5.74) is 0.149. The van der Waals surface area contributed by atoms with Crippen LogP contribution in [0, 0.1) is 0 Å². The first-order chi connectivity index (χ1) is 6.69. The molecule has 14 heavy (non-hydrogen) atoms. The molecule has 0 unspecified atom stereocenters. The number of phenolic OH excluding ortho intramolecular Hbond substituents is 2. The topological polar surface area (TPSA) is 66.8 Å². The summed E-state index contributed by atoms with van der Waals surface area (Å²) in [5.74, 6) is -0.256. The summed E-state index contributed by atoms with van der Waals surface area (Å²) in [7, 11) is 0. The highest BCUT2D eigenvalue weighted by atomic mass is 16.5. The van der Waals surface area contributed by atoms with E-state index in [0.29, 0.717) is 12.9 Å². The number of carbonyl (C=O) groups is 1. The van der Waals surface area contributed by atoms with E-state index in [1.807, 2.05) is 6.92 Å². The first kappa shape index (κ1) is 10.4. The van der Waals surface area contributed by atoms with E-state index in [-0.39, 0.29) is 22.8 Å². The summed E-state index contributed by atoms with van der Waals surface area (Å²) in [6.07, 6.45) is 1.31. The van der Waals surface area contributed by atoms with Crippen molar-refractivity contribution in [1.29, 1.82) is 0 Å². The first-order valence-electron chi connectivity index (χ1n) is 4.33. The molecule has 0 aliphatic carbocycles. The van der Waals surface area contributed by atoms with Gasteiger partial charge in [0.05, 0.1) is 12.2 Å². The zero-order chi connectivity index (χ0) is 10.6. The van der Waals surface area contributed by atoms with Gasteiger partial charge in [-0.3, -0.25) is 4.79 Å². The van der Waals surface area contributed by atoms with Gasteiger partial charge in [0.1, 0.15) is 5.75 Å². The SMILES string of the molecule is CCCOc1c(O)cc(O)cc1C=O. The van der Waals surface area contributed by atoms with Crippen molar-refractivity contribution in [1.82, 2.24) is 0 Å². The highest BCUT2D eigenvalue weighted by Crippen LogP contribution is 2.33. The molecule has 1 aromatic rings. The van der Waals surface area contributed by atoms with E-state index < -0.39 is 0 Å². The van der Waals surface area contributed by atoms with Gasteiger partial charge >= 0.3 is 0 Å². The van der Waals surface area contributed by atoms with E-state index in [1.165, 1.54) is 6.07 Å². The standard InChI is InChI=1S/C10H12O4/c1-2-3-14-10-7(6-11)4-8(12)5-9(10)13/h4-6,12-13H,2-3H2,1H3. The van der Waals surface area contributed by atoms with Crippen molar-refractivity contribution < 1.29 is 19.7 Å². The number of benzene rings is 1. The highest BCUT2D eigenvalue weighted by molar-refractivity contribution is 5.82. The Bertz CT molecular complexity index is 333. The van der Waals surface area contributed by atoms with Gasteiger partial charge in [-0.15, -0.1) is 0 Å². The lowest BCUT2D eigenvalue weighted by molar-refractivity contribution is 0.111. The van der Waals surface area contributed by atoms with Crippen LogP contribution >= 0.6 is 0 Å². The Morgan fingerprint density at radius 2 is 2.14 bits per heavy atom. The van der Waals surface area contributed by atoms with Crippen LogP contribution < -0.4 is 4.74 Å². The summed E-state index contributed by atoms with van der Waals surface area (Å²) in [5, 5.41) is 18.5. The van der Waals surface area contributed by atoms with Crippen molar-refractivity contribution in [3.63, 3.8) is 0 Å². The summed E-state index contributed by atoms with van der Waals surface area (Å²) in [4.78, 5) is 10.6. The number of aromatic hydroxyl groups is 2. The van der Waals surface area contributed by atoms with Gasteiger partial charge in [-0.25, -0.2) is 0 Å². The van der Waals surface area contributed by atoms with Crippen molar-refractivity contribution >= 4 is 6.29 Å². The molecule has 0 amide bonds. The van der Waals surface area contributed by atoms with Crippen LogP contribution in [-0.2, 0) is 0 Å². The quantitative estimate of drug-likeness (QED) is 0.719. The van der Waals surface area contributed by atoms with Crippen molar-refractivity contribution in [2.24, 2.45) is 0 Å². The van der Waals surface area contributed by atoms with Gasteiger partial charge in [-0.05, 0) is 12.5 Å². The Labute approximate surface area is 81.8 Å². The molecule has 0 aliphatic heterocycles. The van der Waals surface area contributed by atoms with Gasteiger partial charge in [0.2, 0.25) is 0 Å². The molecule has 0 fully saturated rings. The third-order valence-corrected chi connectivity index (χ3v) is 1.66. The second-order valence-corrected chi connectivity index (χ2v) is 2.85. The van der Waals surface area contributed by atoms with Gasteiger partial charge in [0, 0.05) is 6.07 Å². The predicted octanol–water partition coefficient (Wildman–Crippen LogP) is 1.70. The van der Waals surface area contributed by atoms with Crippen LogP contribution in [-0.4, -0.2) is 23.1 Å². The molecule has 4 heteroatoms. The number of hydrogen-bond donors (Lipinski definition) is 2. The minimum atomic E-state index is -0.222. The van der Waals surface area contributed by atoms with Crippen LogP contribution in [0.2, 0.25) is 0 Å². The summed E-state index contributed by atoms with van der Waals surface area (Å²) >= 11 is 0. The fourth-order valence-electron chi connectivity index (χ4n) is 1.07. The Kier molecular flexibility index (Phi) is 3.34. The fraction of sp³-hybridized carbons (Fsp3) is 0.300. The molecule has 0 heterocycles. The zero-order valence-corrected chi connectivity index (χ0v) is 7.86. The molecule has 1 aromatic carbocycles. The number of rotatable bonds is 4. The van der Waals surface area contributed by atoms with Crippen LogP contribution in [0.5, 0.6) is 17.2 Å². The molecule has 1 rings (SSSR count). The number of ether oxygens (including phenoxy) is 1. The van der Waals surface area contributed by atoms with Crippen LogP contribution in [0.1, 0.15) is 23.7 Å². The van der Waals surface area contributed by atoms with Gasteiger partial charge < -0.3 is 14.9 Å². The molecule has 0 bridgehead atoms. The maximum atomic E-state index is 10.6. The number of carbonyl (C=O) groups excluding carboxylic acids is 1. The lowest BCUT2D eigenvalue weighted by atomic mass is 10.2. The number of aldehydes is 1. The van der Waals surface area contributed by atoms with Crippen LogP contribution in [0.3, 0.4) is 0 Å². The number of phenols is 2. The molecule has 0 aromatic heterocycles. The molecule has 2 N–H and O–H groups in total. The minimum Gasteiger partial charge on any atom is -0.508 e. The van der Waals surface area contributed by atoms with Gasteiger partial charge in [0.15, 0.2) is 17.8 Å². The molecular formula is C10H12O4. The van der Waals surface area contributed by atoms with E-state index >= 15 is 0 Å². The summed E-state index contributed by atoms with van der Waals surface area (Å²) in [6.45, 7) is 2.33. The van der Waals surface area contributed by atoms with Crippen molar-refractivity contribution in [3.8, 4) is 17.2 Å². The first-order valence-corrected chi connectivity index (χ1v) is 4.33. The van der Waals surface area contributed by atoms with E-state index in [1.54, 1.807) is 0 Å². The van der Waals surface area contributed by atoms with Crippen LogP contribution in [0.15, 0.2) is 12.1 Å². The third-order valence-electron chi connectivity index (χ3n) is 1.66. The van der Waals surface area contributed by atoms with E-state index in [4.69, 9.17) is 9.84 Å². The monoisotopic (exact) mass is 196 g/mol. The molecule has 76 valence electrons. The Morgan fingerprint density at radius 3 is 2.71 bits per heavy atom. The molecule has 0 aliphatic rings. The Morgan fingerprint density at radius 1 is 1.43 bits per heavy atom. The lowest BCUT2D eigenvalue weighted by Crippen LogP contribution is -1.98.